The highest BCUT2D eigenvalue weighted by molar-refractivity contribution is 7.90. The number of carbonyl (C=O) groups is 1. The van der Waals surface area contributed by atoms with Crippen molar-refractivity contribution in [3.05, 3.63) is 59.9 Å². The molecule has 1 aromatic heterocycles. The molecule has 1 N–H and O–H groups in total. The minimum Gasteiger partial charge on any atom is -0.269 e. The molecule has 23 heavy (non-hydrogen) atoms. The Kier molecular flexibility index (Phi) is 5.33. The predicted molar refractivity (Wildman–Crippen MR) is 87.1 cm³/mol. The molecule has 6 nitrogen and oxygen atoms in total. The zero-order chi connectivity index (χ0) is 16.9. The third-order valence-electron chi connectivity index (χ3n) is 3.20. The molecule has 0 fully saturated rings. The van der Waals surface area contributed by atoms with Crippen LogP contribution in [0.4, 0.5) is 0 Å². The SMILES string of the molecule is CC/C=C(\C)C(=O)NS(=O)(=O)c1cnn(Cc2ccccc2)c1. The minimum atomic E-state index is -3.92. The molecule has 0 aliphatic carbocycles. The van der Waals surface area contributed by atoms with Crippen LogP contribution in [0.1, 0.15) is 25.8 Å². The van der Waals surface area contributed by atoms with Crippen LogP contribution in [-0.2, 0) is 21.4 Å². The highest BCUT2D eigenvalue weighted by Crippen LogP contribution is 2.10. The minimum absolute atomic E-state index is 0.0360. The number of amides is 1. The number of benzene rings is 1. The van der Waals surface area contributed by atoms with Gasteiger partial charge >= 0.3 is 0 Å². The van der Waals surface area contributed by atoms with Crippen LogP contribution in [0.5, 0.6) is 0 Å². The van der Waals surface area contributed by atoms with Gasteiger partial charge in [0.1, 0.15) is 4.90 Å². The number of rotatable bonds is 6. The summed E-state index contributed by atoms with van der Waals surface area (Å²) < 4.78 is 28.0. The summed E-state index contributed by atoms with van der Waals surface area (Å²) in [6.45, 7) is 3.91. The molecule has 0 atom stereocenters. The van der Waals surface area contributed by atoms with E-state index < -0.39 is 15.9 Å². The molecule has 0 radical (unpaired) electrons. The standard InChI is InChI=1S/C16H19N3O3S/c1-3-7-13(2)16(20)18-23(21,22)15-10-17-19(12-15)11-14-8-5-4-6-9-14/h4-10,12H,3,11H2,1-2H3,(H,18,20)/b13-7+. The van der Waals surface area contributed by atoms with Gasteiger partial charge < -0.3 is 0 Å². The van der Waals surface area contributed by atoms with E-state index in [1.807, 2.05) is 42.0 Å². The maximum Gasteiger partial charge on any atom is 0.267 e. The van der Waals surface area contributed by atoms with Crippen LogP contribution in [0.15, 0.2) is 59.3 Å². The lowest BCUT2D eigenvalue weighted by molar-refractivity contribution is -0.115. The number of hydrogen-bond acceptors (Lipinski definition) is 4. The molecule has 1 amide bonds. The fraction of sp³-hybridized carbons (Fsp3) is 0.250. The Labute approximate surface area is 135 Å². The van der Waals surface area contributed by atoms with E-state index in [9.17, 15) is 13.2 Å². The average molecular weight is 333 g/mol. The summed E-state index contributed by atoms with van der Waals surface area (Å²) in [6.07, 6.45) is 4.97. The van der Waals surface area contributed by atoms with Gasteiger partial charge in [0, 0.05) is 11.8 Å². The molecule has 0 bridgehead atoms. The molecule has 122 valence electrons. The van der Waals surface area contributed by atoms with Crippen molar-refractivity contribution >= 4 is 15.9 Å². The number of allylic oxidation sites excluding steroid dienone is 1. The van der Waals surface area contributed by atoms with Crippen LogP contribution in [0.25, 0.3) is 0 Å². The summed E-state index contributed by atoms with van der Waals surface area (Å²) in [5.41, 5.74) is 1.37. The topological polar surface area (TPSA) is 81.1 Å². The predicted octanol–water partition coefficient (Wildman–Crippen LogP) is 2.09. The van der Waals surface area contributed by atoms with Crippen LogP contribution in [-0.4, -0.2) is 24.1 Å². The Morgan fingerprint density at radius 2 is 2.00 bits per heavy atom. The third kappa shape index (κ3) is 4.53. The van der Waals surface area contributed by atoms with Crippen LogP contribution in [0, 0.1) is 0 Å². The lowest BCUT2D eigenvalue weighted by atomic mass is 10.2. The molecule has 0 unspecified atom stereocenters. The molecule has 0 aliphatic heterocycles. The largest absolute Gasteiger partial charge is 0.269 e. The van der Waals surface area contributed by atoms with Crippen molar-refractivity contribution in [3.63, 3.8) is 0 Å². The Bertz CT molecular complexity index is 808. The monoisotopic (exact) mass is 333 g/mol. The second kappa shape index (κ2) is 7.23. The summed E-state index contributed by atoms with van der Waals surface area (Å²) in [7, 11) is -3.92. The first kappa shape index (κ1) is 17.0. The summed E-state index contributed by atoms with van der Waals surface area (Å²) in [6, 6.07) is 9.57. The quantitative estimate of drug-likeness (QED) is 0.821. The van der Waals surface area contributed by atoms with Crippen LogP contribution in [0.3, 0.4) is 0 Å². The van der Waals surface area contributed by atoms with Gasteiger partial charge in [-0.2, -0.15) is 5.10 Å². The highest BCUT2D eigenvalue weighted by Gasteiger charge is 2.20. The smallest absolute Gasteiger partial charge is 0.267 e. The van der Waals surface area contributed by atoms with Gasteiger partial charge in [-0.3, -0.25) is 9.48 Å². The van der Waals surface area contributed by atoms with E-state index in [4.69, 9.17) is 0 Å². The normalized spacial score (nSPS) is 12.2. The Morgan fingerprint density at radius 1 is 1.30 bits per heavy atom. The summed E-state index contributed by atoms with van der Waals surface area (Å²) in [4.78, 5) is 11.8. The zero-order valence-electron chi connectivity index (χ0n) is 13.1. The van der Waals surface area contributed by atoms with Crippen LogP contribution < -0.4 is 4.72 Å². The van der Waals surface area contributed by atoms with Gasteiger partial charge in [-0.25, -0.2) is 13.1 Å². The molecular formula is C16H19N3O3S. The second-order valence-electron chi connectivity index (χ2n) is 5.09. The molecule has 0 saturated heterocycles. The molecule has 0 spiro atoms. The maximum atomic E-state index is 12.2. The van der Waals surface area contributed by atoms with E-state index in [-0.39, 0.29) is 4.90 Å². The first-order valence-corrected chi connectivity index (χ1v) is 8.71. The summed E-state index contributed by atoms with van der Waals surface area (Å²) in [5.74, 6) is -0.623. The number of nitrogens with zero attached hydrogens (tertiary/aromatic N) is 2. The summed E-state index contributed by atoms with van der Waals surface area (Å²) in [5, 5.41) is 4.04. The Morgan fingerprint density at radius 3 is 2.65 bits per heavy atom. The molecular weight excluding hydrogens is 314 g/mol. The van der Waals surface area contributed by atoms with Gasteiger partial charge in [0.05, 0.1) is 12.7 Å². The molecule has 2 rings (SSSR count). The van der Waals surface area contributed by atoms with E-state index in [1.54, 1.807) is 13.0 Å². The Balaban J connectivity index is 2.12. The van der Waals surface area contributed by atoms with Gasteiger partial charge in [-0.1, -0.05) is 43.3 Å². The van der Waals surface area contributed by atoms with Gasteiger partial charge in [0.15, 0.2) is 0 Å². The summed E-state index contributed by atoms with van der Waals surface area (Å²) >= 11 is 0. The van der Waals surface area contributed by atoms with E-state index in [0.717, 1.165) is 5.56 Å². The zero-order valence-corrected chi connectivity index (χ0v) is 13.9. The molecule has 2 aromatic rings. The van der Waals surface area contributed by atoms with Crippen LogP contribution in [0.2, 0.25) is 0 Å². The lowest BCUT2D eigenvalue weighted by Gasteiger charge is -2.05. The van der Waals surface area contributed by atoms with Crippen molar-refractivity contribution in [2.24, 2.45) is 0 Å². The second-order valence-corrected chi connectivity index (χ2v) is 6.77. The Hall–Kier alpha value is -2.41. The molecule has 1 aromatic carbocycles. The molecule has 0 saturated carbocycles. The first-order valence-electron chi connectivity index (χ1n) is 7.22. The van der Waals surface area contributed by atoms with Crippen molar-refractivity contribution in [1.29, 1.82) is 0 Å². The van der Waals surface area contributed by atoms with E-state index >= 15 is 0 Å². The van der Waals surface area contributed by atoms with Crippen molar-refractivity contribution in [2.75, 3.05) is 0 Å². The van der Waals surface area contributed by atoms with E-state index in [2.05, 4.69) is 5.10 Å². The van der Waals surface area contributed by atoms with Gasteiger partial charge in [-0.15, -0.1) is 0 Å². The van der Waals surface area contributed by atoms with E-state index in [0.29, 0.717) is 18.5 Å². The lowest BCUT2D eigenvalue weighted by Crippen LogP contribution is -2.30. The molecule has 1 heterocycles. The molecule has 0 aliphatic rings. The fourth-order valence-electron chi connectivity index (χ4n) is 2.00. The van der Waals surface area contributed by atoms with Gasteiger partial charge in [0.25, 0.3) is 15.9 Å². The molecule has 7 heteroatoms. The van der Waals surface area contributed by atoms with Crippen LogP contribution >= 0.6 is 0 Å². The number of hydrogen-bond donors (Lipinski definition) is 1. The number of carbonyl (C=O) groups excluding carboxylic acids is 1. The average Bonchev–Trinajstić information content (AvgIpc) is 2.97. The number of sulfonamides is 1. The van der Waals surface area contributed by atoms with Crippen molar-refractivity contribution in [2.45, 2.75) is 31.7 Å². The van der Waals surface area contributed by atoms with Crippen molar-refractivity contribution in [1.82, 2.24) is 14.5 Å². The van der Waals surface area contributed by atoms with Gasteiger partial charge in [0.2, 0.25) is 0 Å². The number of aromatic nitrogens is 2. The fourth-order valence-corrected chi connectivity index (χ4v) is 2.97. The van der Waals surface area contributed by atoms with Gasteiger partial charge in [-0.05, 0) is 18.9 Å². The number of nitrogens with one attached hydrogen (secondary N) is 1. The first-order chi connectivity index (χ1) is 10.9. The maximum absolute atomic E-state index is 12.2. The third-order valence-corrected chi connectivity index (χ3v) is 4.49. The van der Waals surface area contributed by atoms with E-state index in [1.165, 1.54) is 17.1 Å². The van der Waals surface area contributed by atoms with Crippen molar-refractivity contribution in [3.8, 4) is 0 Å². The van der Waals surface area contributed by atoms with Crippen molar-refractivity contribution < 1.29 is 13.2 Å². The highest BCUT2D eigenvalue weighted by atomic mass is 32.2.